The average molecular weight is 537 g/mol. The van der Waals surface area contributed by atoms with Gasteiger partial charge < -0.3 is 10.1 Å². The van der Waals surface area contributed by atoms with E-state index in [1.165, 1.54) is 30.0 Å². The van der Waals surface area contributed by atoms with Crippen molar-refractivity contribution < 1.29 is 36.3 Å². The Morgan fingerprint density at radius 1 is 1.06 bits per heavy atom. The maximum absolute atomic E-state index is 13.2. The molecule has 0 fully saturated rings. The fraction of sp³-hybridized carbons (Fsp3) is 0.500. The van der Waals surface area contributed by atoms with Crippen LogP contribution in [0, 0.1) is 5.82 Å². The normalized spacial score (nSPS) is 12.6. The van der Waals surface area contributed by atoms with E-state index in [-0.39, 0.29) is 23.6 Å². The van der Waals surface area contributed by atoms with Crippen molar-refractivity contribution in [2.24, 2.45) is 0 Å². The molecule has 1 atom stereocenters. The molecule has 35 heavy (non-hydrogen) atoms. The van der Waals surface area contributed by atoms with Crippen LogP contribution in [0.3, 0.4) is 0 Å². The van der Waals surface area contributed by atoms with Gasteiger partial charge >= 0.3 is 14.6 Å². The summed E-state index contributed by atoms with van der Waals surface area (Å²) in [5.41, 5.74) is 1.55. The third-order valence-electron chi connectivity index (χ3n) is 5.34. The van der Waals surface area contributed by atoms with E-state index in [0.717, 1.165) is 24.8 Å². The summed E-state index contributed by atoms with van der Waals surface area (Å²) in [6.45, 7) is 5.09. The van der Waals surface area contributed by atoms with Crippen LogP contribution in [-0.4, -0.2) is 30.2 Å². The standard InChI is InChI=1S/C24H30F4NO4PS/c1-23(2,19-7-9-20(25)10-8-19)12-3-4-15-35-22-11-6-18(16-21(22)33-24(26,27)28)17-29-13-5-14-32-34(30)31/h6-11,16,29H,3-5,12-15,17H2,1-2H3/p+1. The molecule has 0 aliphatic heterocycles. The van der Waals surface area contributed by atoms with E-state index >= 15 is 0 Å². The van der Waals surface area contributed by atoms with E-state index in [2.05, 4.69) is 28.4 Å². The molecule has 5 nitrogen and oxygen atoms in total. The minimum absolute atomic E-state index is 0.109. The van der Waals surface area contributed by atoms with E-state index in [1.807, 2.05) is 0 Å². The van der Waals surface area contributed by atoms with Crippen LogP contribution in [0.1, 0.15) is 50.7 Å². The Hall–Kier alpha value is -1.71. The van der Waals surface area contributed by atoms with Crippen molar-refractivity contribution in [2.75, 3.05) is 18.9 Å². The third-order valence-corrected chi connectivity index (χ3v) is 6.89. The Morgan fingerprint density at radius 3 is 2.43 bits per heavy atom. The largest absolute Gasteiger partial charge is 0.694 e. The molecule has 0 saturated carbocycles. The van der Waals surface area contributed by atoms with Gasteiger partial charge in [-0.15, -0.1) is 34.4 Å². The highest BCUT2D eigenvalue weighted by Crippen LogP contribution is 2.35. The van der Waals surface area contributed by atoms with Gasteiger partial charge in [-0.05, 0) is 72.4 Å². The van der Waals surface area contributed by atoms with Gasteiger partial charge in [-0.3, -0.25) is 0 Å². The summed E-state index contributed by atoms with van der Waals surface area (Å²) in [7, 11) is -2.63. The average Bonchev–Trinajstić information content (AvgIpc) is 2.76. The number of benzene rings is 2. The van der Waals surface area contributed by atoms with Crippen molar-refractivity contribution in [1.29, 1.82) is 0 Å². The molecule has 0 spiro atoms. The molecule has 0 saturated heterocycles. The summed E-state index contributed by atoms with van der Waals surface area (Å²) in [5, 5.41) is 3.05. The molecule has 0 radical (unpaired) electrons. The second-order valence-electron chi connectivity index (χ2n) is 8.63. The quantitative estimate of drug-likeness (QED) is 0.109. The Balaban J connectivity index is 1.85. The maximum atomic E-state index is 13.2. The lowest BCUT2D eigenvalue weighted by molar-refractivity contribution is -0.275. The van der Waals surface area contributed by atoms with E-state index in [9.17, 15) is 22.1 Å². The van der Waals surface area contributed by atoms with Gasteiger partial charge in [0.1, 0.15) is 18.2 Å². The molecule has 2 aromatic carbocycles. The summed E-state index contributed by atoms with van der Waals surface area (Å²) in [4.78, 5) is 8.99. The van der Waals surface area contributed by atoms with Crippen LogP contribution in [0.4, 0.5) is 17.6 Å². The summed E-state index contributed by atoms with van der Waals surface area (Å²) < 4.78 is 71.3. The van der Waals surface area contributed by atoms with Crippen molar-refractivity contribution in [3.63, 3.8) is 0 Å². The fourth-order valence-corrected chi connectivity index (χ4v) is 4.72. The number of hydrogen-bond donors (Lipinski definition) is 2. The monoisotopic (exact) mass is 536 g/mol. The zero-order valence-electron chi connectivity index (χ0n) is 19.7. The summed E-state index contributed by atoms with van der Waals surface area (Å²) in [6, 6.07) is 11.2. The Kier molecular flexibility index (Phi) is 11.9. The van der Waals surface area contributed by atoms with Crippen molar-refractivity contribution >= 4 is 20.0 Å². The lowest BCUT2D eigenvalue weighted by Crippen LogP contribution is -2.19. The highest BCUT2D eigenvalue weighted by atomic mass is 32.2. The molecule has 0 amide bonds. The van der Waals surface area contributed by atoms with Gasteiger partial charge in [-0.1, -0.05) is 38.5 Å². The van der Waals surface area contributed by atoms with Gasteiger partial charge in [0, 0.05) is 16.0 Å². The summed E-state index contributed by atoms with van der Waals surface area (Å²) >= 11 is 1.32. The molecule has 0 aliphatic carbocycles. The molecule has 2 N–H and O–H groups in total. The highest BCUT2D eigenvalue weighted by molar-refractivity contribution is 7.99. The van der Waals surface area contributed by atoms with Gasteiger partial charge in [0.05, 0.1) is 0 Å². The molecule has 194 valence electrons. The molecule has 2 aromatic rings. The van der Waals surface area contributed by atoms with Crippen LogP contribution < -0.4 is 10.1 Å². The first kappa shape index (κ1) is 29.5. The lowest BCUT2D eigenvalue weighted by Gasteiger charge is -2.25. The zero-order chi connectivity index (χ0) is 25.9. The Labute approximate surface area is 208 Å². The number of rotatable bonds is 15. The predicted molar refractivity (Wildman–Crippen MR) is 129 cm³/mol. The van der Waals surface area contributed by atoms with Gasteiger partial charge in [-0.25, -0.2) is 4.39 Å². The lowest BCUT2D eigenvalue weighted by atomic mass is 9.80. The molecule has 2 rings (SSSR count). The van der Waals surface area contributed by atoms with Gasteiger partial charge in [0.15, 0.2) is 0 Å². The first-order valence-corrected chi connectivity index (χ1v) is 13.4. The molecule has 11 heteroatoms. The summed E-state index contributed by atoms with van der Waals surface area (Å²) in [5.74, 6) is 0.138. The molecule has 0 bridgehead atoms. The van der Waals surface area contributed by atoms with Crippen LogP contribution in [0.2, 0.25) is 0 Å². The number of halogens is 4. The van der Waals surface area contributed by atoms with Gasteiger partial charge in [0.2, 0.25) is 0 Å². The van der Waals surface area contributed by atoms with E-state index in [4.69, 9.17) is 4.89 Å². The highest BCUT2D eigenvalue weighted by Gasteiger charge is 2.32. The number of unbranched alkanes of at least 4 members (excludes halogenated alkanes) is 1. The predicted octanol–water partition coefficient (Wildman–Crippen LogP) is 7.11. The Bertz CT molecular complexity index is 942. The van der Waals surface area contributed by atoms with Crippen LogP contribution in [0.15, 0.2) is 47.4 Å². The van der Waals surface area contributed by atoms with Gasteiger partial charge in [-0.2, -0.15) is 0 Å². The van der Waals surface area contributed by atoms with Crippen molar-refractivity contribution in [2.45, 2.75) is 62.7 Å². The minimum Gasteiger partial charge on any atom is -0.405 e. The first-order valence-electron chi connectivity index (χ1n) is 11.2. The smallest absolute Gasteiger partial charge is 0.405 e. The van der Waals surface area contributed by atoms with Crippen molar-refractivity contribution in [3.8, 4) is 5.75 Å². The molecule has 1 unspecified atom stereocenters. The van der Waals surface area contributed by atoms with Crippen LogP contribution in [-0.2, 0) is 21.0 Å². The molecule has 0 aliphatic rings. The second kappa shape index (κ2) is 14.1. The number of thioether (sulfide) groups is 1. The van der Waals surface area contributed by atoms with Crippen molar-refractivity contribution in [1.82, 2.24) is 5.32 Å². The van der Waals surface area contributed by atoms with E-state index < -0.39 is 14.6 Å². The number of nitrogens with one attached hydrogen (secondary N) is 1. The Morgan fingerprint density at radius 2 is 1.77 bits per heavy atom. The van der Waals surface area contributed by atoms with E-state index in [1.54, 1.807) is 24.3 Å². The number of ether oxygens (including phenoxy) is 1. The van der Waals surface area contributed by atoms with Crippen LogP contribution in [0.25, 0.3) is 0 Å². The number of hydrogen-bond acceptors (Lipinski definition) is 5. The zero-order valence-corrected chi connectivity index (χ0v) is 21.4. The minimum atomic E-state index is -4.79. The number of alkyl halides is 3. The maximum Gasteiger partial charge on any atom is 0.694 e. The molecule has 0 aromatic heterocycles. The van der Waals surface area contributed by atoms with Crippen LogP contribution in [0.5, 0.6) is 5.75 Å². The van der Waals surface area contributed by atoms with Gasteiger partial charge in [0.25, 0.3) is 0 Å². The molecular formula is C24H31F4NO4PS+. The molecular weight excluding hydrogens is 505 g/mol. The third kappa shape index (κ3) is 11.7. The second-order valence-corrected chi connectivity index (χ2v) is 10.5. The van der Waals surface area contributed by atoms with E-state index in [0.29, 0.717) is 35.7 Å². The van der Waals surface area contributed by atoms with Crippen molar-refractivity contribution in [3.05, 3.63) is 59.4 Å². The SMILES string of the molecule is CC(C)(CCCCSc1ccc(CNCCCO[P+](=O)O)cc1OC(F)(F)F)c1ccc(F)cc1. The fourth-order valence-electron chi connectivity index (χ4n) is 3.46. The van der Waals surface area contributed by atoms with Crippen LogP contribution >= 0.6 is 20.0 Å². The summed E-state index contributed by atoms with van der Waals surface area (Å²) in [6.07, 6.45) is -1.75. The topological polar surface area (TPSA) is 67.8 Å². The first-order chi connectivity index (χ1) is 16.5. The molecule has 0 heterocycles.